The molecular weight excluding hydrogens is 522 g/mol. The van der Waals surface area contributed by atoms with Gasteiger partial charge in [-0.3, -0.25) is 0 Å². The summed E-state index contributed by atoms with van der Waals surface area (Å²) in [6.45, 7) is 26.3. The molecule has 1 aliphatic carbocycles. The molecule has 0 saturated heterocycles. The average molecular weight is 562 g/mol. The summed E-state index contributed by atoms with van der Waals surface area (Å²) in [5.41, 5.74) is 13.9. The first-order valence-electron chi connectivity index (χ1n) is 15.0. The second-order valence-corrected chi connectivity index (χ2v) is 12.0. The summed E-state index contributed by atoms with van der Waals surface area (Å²) in [5, 5.41) is 1.93. The van der Waals surface area contributed by atoms with Crippen LogP contribution in [0.25, 0.3) is 46.5 Å². The maximum absolute atomic E-state index is 6.17. The lowest BCUT2D eigenvalue weighted by Crippen LogP contribution is -2.30. The van der Waals surface area contributed by atoms with Crippen molar-refractivity contribution in [1.82, 2.24) is 0 Å². The molecule has 6 rings (SSSR count). The van der Waals surface area contributed by atoms with Gasteiger partial charge in [-0.05, 0) is 77.1 Å². The van der Waals surface area contributed by atoms with E-state index in [-0.39, 0.29) is 5.41 Å². The van der Waals surface area contributed by atoms with Crippen LogP contribution in [0.4, 0.5) is 11.4 Å². The lowest BCUT2D eigenvalue weighted by Gasteiger charge is -2.31. The van der Waals surface area contributed by atoms with Crippen LogP contribution in [-0.2, 0) is 11.8 Å². The lowest BCUT2D eigenvalue weighted by atomic mass is 9.80. The number of rotatable bonds is 8. The van der Waals surface area contributed by atoms with Gasteiger partial charge in [-0.1, -0.05) is 120 Å². The smallest absolute Gasteiger partial charge is 0.135 e. The molecule has 1 aliphatic rings. The van der Waals surface area contributed by atoms with Crippen LogP contribution in [0.1, 0.15) is 60.6 Å². The van der Waals surface area contributed by atoms with Gasteiger partial charge >= 0.3 is 0 Å². The van der Waals surface area contributed by atoms with E-state index in [0.29, 0.717) is 5.42 Å². The molecule has 4 aromatic carbocycles. The lowest BCUT2D eigenvalue weighted by molar-refractivity contribution is 0.577. The molecule has 0 aliphatic heterocycles. The molecule has 0 fully saturated rings. The van der Waals surface area contributed by atoms with Gasteiger partial charge in [0.1, 0.15) is 11.0 Å². The number of anilines is 2. The van der Waals surface area contributed by atoms with Crippen LogP contribution in [0, 0.1) is 6.92 Å². The Hall–Kier alpha value is -4.82. The summed E-state index contributed by atoms with van der Waals surface area (Å²) in [5.74, 6) is 0. The largest absolute Gasteiger partial charge is 0.457 e. The molecule has 0 bridgehead atoms. The van der Waals surface area contributed by atoms with Gasteiger partial charge < -0.3 is 9.32 Å². The number of hydrogen-bond acceptors (Lipinski definition) is 2. The summed E-state index contributed by atoms with van der Waals surface area (Å²) >= 11 is 0. The van der Waals surface area contributed by atoms with E-state index in [0.717, 1.165) is 57.2 Å². The molecule has 5 aromatic rings. The minimum absolute atomic E-state index is 0.201. The number of hydrogen-bond donors (Lipinski definition) is 0. The summed E-state index contributed by atoms with van der Waals surface area (Å²) < 4.78 is 6.17. The standard InChI is InChI=1S/C41H39NO/c1-9-15-28-19-21-29(22-20-28)42(36(12-4)39-27(6)43-38-17-14-13-16-33(38)39)37-25-35-40(31(11-3)30(37)10-2)32-23-18-26(5)24-34(32)41(35,7)8/h10-14,16-25H,2-4,6,9,15H2,1,5,7-8H3/b39-36-. The molecule has 2 nitrogen and oxygen atoms in total. The Kier molecular flexibility index (Phi) is 7.10. The van der Waals surface area contributed by atoms with Crippen LogP contribution < -0.4 is 15.5 Å². The quantitative estimate of drug-likeness (QED) is 0.187. The summed E-state index contributed by atoms with van der Waals surface area (Å²) in [6.07, 6.45) is 8.01. The second-order valence-electron chi connectivity index (χ2n) is 12.0. The zero-order valence-electron chi connectivity index (χ0n) is 25.8. The predicted molar refractivity (Wildman–Crippen MR) is 186 cm³/mol. The highest BCUT2D eigenvalue weighted by molar-refractivity contribution is 5.99. The van der Waals surface area contributed by atoms with Crippen molar-refractivity contribution in [3.8, 4) is 11.1 Å². The van der Waals surface area contributed by atoms with Crippen molar-refractivity contribution in [3.05, 3.63) is 143 Å². The number of aryl methyl sites for hydroxylation is 2. The number of fused-ring (bicyclic) bond motifs is 4. The van der Waals surface area contributed by atoms with Crippen molar-refractivity contribution in [1.29, 1.82) is 0 Å². The fraction of sp³-hybridized carbons (Fsp3) is 0.171. The van der Waals surface area contributed by atoms with Crippen LogP contribution in [0.2, 0.25) is 0 Å². The van der Waals surface area contributed by atoms with Crippen molar-refractivity contribution < 1.29 is 4.42 Å². The molecule has 1 aromatic heterocycles. The van der Waals surface area contributed by atoms with Gasteiger partial charge in [0.2, 0.25) is 0 Å². The molecule has 0 spiro atoms. The van der Waals surface area contributed by atoms with Crippen LogP contribution in [0.3, 0.4) is 0 Å². The van der Waals surface area contributed by atoms with Gasteiger partial charge in [0, 0.05) is 22.1 Å². The summed E-state index contributed by atoms with van der Waals surface area (Å²) in [4.78, 5) is 2.29. The van der Waals surface area contributed by atoms with Crippen molar-refractivity contribution in [2.45, 2.75) is 46.0 Å². The van der Waals surface area contributed by atoms with Gasteiger partial charge in [-0.15, -0.1) is 0 Å². The molecule has 214 valence electrons. The maximum Gasteiger partial charge on any atom is 0.135 e. The van der Waals surface area contributed by atoms with Gasteiger partial charge in [0.05, 0.1) is 16.6 Å². The van der Waals surface area contributed by atoms with E-state index in [4.69, 9.17) is 4.42 Å². The highest BCUT2D eigenvalue weighted by atomic mass is 16.3. The molecule has 43 heavy (non-hydrogen) atoms. The molecule has 0 unspecified atom stereocenters. The van der Waals surface area contributed by atoms with E-state index in [1.165, 1.54) is 33.4 Å². The topological polar surface area (TPSA) is 16.4 Å². The Labute approximate surface area is 255 Å². The average Bonchev–Trinajstić information content (AvgIpc) is 3.45. The summed E-state index contributed by atoms with van der Waals surface area (Å²) in [7, 11) is 0. The fourth-order valence-electron chi connectivity index (χ4n) is 6.83. The molecule has 1 heterocycles. The zero-order valence-corrected chi connectivity index (χ0v) is 25.8. The van der Waals surface area contributed by atoms with Crippen LogP contribution in [0.15, 0.2) is 103 Å². The second kappa shape index (κ2) is 10.8. The van der Waals surface area contributed by atoms with Gasteiger partial charge in [0.25, 0.3) is 0 Å². The van der Waals surface area contributed by atoms with Crippen LogP contribution >= 0.6 is 0 Å². The van der Waals surface area contributed by atoms with Gasteiger partial charge in [0.15, 0.2) is 0 Å². The van der Waals surface area contributed by atoms with E-state index in [9.17, 15) is 0 Å². The third-order valence-electron chi connectivity index (χ3n) is 8.92. The van der Waals surface area contributed by atoms with Crippen LogP contribution in [-0.4, -0.2) is 0 Å². The molecule has 0 N–H and O–H groups in total. The Morgan fingerprint density at radius 1 is 0.884 bits per heavy atom. The van der Waals surface area contributed by atoms with Crippen molar-refractivity contribution in [3.63, 3.8) is 0 Å². The first kappa shape index (κ1) is 28.3. The van der Waals surface area contributed by atoms with Gasteiger partial charge in [-0.2, -0.15) is 0 Å². The number of furan rings is 1. The monoisotopic (exact) mass is 561 g/mol. The molecule has 0 saturated carbocycles. The maximum atomic E-state index is 6.17. The first-order valence-corrected chi connectivity index (χ1v) is 15.0. The minimum Gasteiger partial charge on any atom is -0.457 e. The molecule has 2 heteroatoms. The number of para-hydroxylation sites is 1. The first-order chi connectivity index (χ1) is 20.7. The Balaban J connectivity index is 1.75. The zero-order chi connectivity index (χ0) is 30.5. The van der Waals surface area contributed by atoms with E-state index in [2.05, 4.69) is 114 Å². The van der Waals surface area contributed by atoms with E-state index in [1.54, 1.807) is 0 Å². The molecule has 0 atom stereocenters. The molecule has 0 radical (unpaired) electrons. The third kappa shape index (κ3) is 4.41. The number of nitrogens with zero attached hydrogens (tertiary/aromatic N) is 1. The van der Waals surface area contributed by atoms with Crippen molar-refractivity contribution >= 4 is 46.8 Å². The third-order valence-corrected chi connectivity index (χ3v) is 8.92. The Morgan fingerprint density at radius 2 is 1.60 bits per heavy atom. The Bertz CT molecular complexity index is 2030. The van der Waals surface area contributed by atoms with Crippen LogP contribution in [0.5, 0.6) is 0 Å². The fourth-order valence-corrected chi connectivity index (χ4v) is 6.83. The molecule has 0 amide bonds. The van der Waals surface area contributed by atoms with E-state index < -0.39 is 0 Å². The SMILES string of the molecule is C=C/C(=c1\c(=C)oc2ccccc12)N(c1ccc(CCC)cc1)c1cc2c(c(C=C)c1C=C)-c1ccc(C)cc1C2(C)C. The predicted octanol–water partition coefficient (Wildman–Crippen LogP) is 9.83. The van der Waals surface area contributed by atoms with Crippen molar-refractivity contribution in [2.24, 2.45) is 0 Å². The minimum atomic E-state index is -0.201. The van der Waals surface area contributed by atoms with Crippen molar-refractivity contribution in [2.75, 3.05) is 4.90 Å². The Morgan fingerprint density at radius 3 is 2.28 bits per heavy atom. The summed E-state index contributed by atoms with van der Waals surface area (Å²) in [6, 6.07) is 26.1. The molecular formula is C41H39NO. The van der Waals surface area contributed by atoms with E-state index >= 15 is 0 Å². The number of benzene rings is 4. The highest BCUT2D eigenvalue weighted by Crippen LogP contribution is 2.54. The van der Waals surface area contributed by atoms with Gasteiger partial charge in [-0.25, -0.2) is 0 Å². The normalized spacial score (nSPS) is 13.8. The highest BCUT2D eigenvalue weighted by Gasteiger charge is 2.38. The van der Waals surface area contributed by atoms with E-state index in [1.807, 2.05) is 36.4 Å².